The average Bonchev–Trinajstić information content (AvgIpc) is 2.85. The van der Waals surface area contributed by atoms with E-state index in [-0.39, 0.29) is 22.1 Å². The number of amides is 1. The van der Waals surface area contributed by atoms with E-state index in [1.54, 1.807) is 6.92 Å². The molecule has 2 heterocycles. The molecule has 1 aromatic heterocycles. The van der Waals surface area contributed by atoms with Crippen LogP contribution in [0, 0.1) is 6.92 Å². The topological polar surface area (TPSA) is 67.3 Å². The SMILES string of the molecule is Cc1nc2c(s1)S(=O)(=O)CC(=O)N2Cc1cccc(C(F)(F)F)c1. The molecule has 0 atom stereocenters. The number of carbonyl (C=O) groups is 1. The highest BCUT2D eigenvalue weighted by molar-refractivity contribution is 7.94. The van der Waals surface area contributed by atoms with Crippen LogP contribution in [-0.2, 0) is 27.4 Å². The second-order valence-electron chi connectivity index (χ2n) is 5.28. The van der Waals surface area contributed by atoms with Crippen molar-refractivity contribution in [1.29, 1.82) is 0 Å². The summed E-state index contributed by atoms with van der Waals surface area (Å²) < 4.78 is 62.5. The highest BCUT2D eigenvalue weighted by atomic mass is 32.2. The van der Waals surface area contributed by atoms with Gasteiger partial charge in [0.2, 0.25) is 15.7 Å². The first-order valence-electron chi connectivity index (χ1n) is 6.74. The molecule has 1 amide bonds. The Bertz CT molecular complexity index is 920. The Morgan fingerprint density at radius 3 is 2.71 bits per heavy atom. The van der Waals surface area contributed by atoms with Crippen molar-refractivity contribution < 1.29 is 26.4 Å². The molecule has 0 spiro atoms. The number of carbonyl (C=O) groups excluding carboxylic acids is 1. The van der Waals surface area contributed by atoms with E-state index in [2.05, 4.69) is 4.98 Å². The predicted octanol–water partition coefficient (Wildman–Crippen LogP) is 2.79. The standard InChI is InChI=1S/C14H11F3N2O3S2/c1-8-18-12-13(23-8)24(21,22)7-11(20)19(12)6-9-3-2-4-10(5-9)14(15,16)17/h2-5H,6-7H2,1H3. The molecule has 0 radical (unpaired) electrons. The Kier molecular flexibility index (Phi) is 3.91. The van der Waals surface area contributed by atoms with Gasteiger partial charge in [0.05, 0.1) is 17.1 Å². The summed E-state index contributed by atoms with van der Waals surface area (Å²) in [5, 5.41) is 0.465. The van der Waals surface area contributed by atoms with Crippen LogP contribution in [0.15, 0.2) is 28.5 Å². The molecule has 3 rings (SSSR count). The number of thiazole rings is 1. The van der Waals surface area contributed by atoms with E-state index in [9.17, 15) is 26.4 Å². The molecule has 24 heavy (non-hydrogen) atoms. The van der Waals surface area contributed by atoms with Gasteiger partial charge in [0.25, 0.3) is 0 Å². The molecule has 0 fully saturated rings. The largest absolute Gasteiger partial charge is 0.416 e. The zero-order valence-corrected chi connectivity index (χ0v) is 13.9. The van der Waals surface area contributed by atoms with Crippen molar-refractivity contribution in [2.45, 2.75) is 23.9 Å². The normalized spacial score (nSPS) is 17.0. The second kappa shape index (κ2) is 5.55. The van der Waals surface area contributed by atoms with Crippen LogP contribution in [0.25, 0.3) is 0 Å². The molecule has 0 aliphatic carbocycles. The number of sulfone groups is 1. The maximum Gasteiger partial charge on any atom is 0.416 e. The molecule has 5 nitrogen and oxygen atoms in total. The van der Waals surface area contributed by atoms with E-state index in [1.807, 2.05) is 0 Å². The van der Waals surface area contributed by atoms with Gasteiger partial charge in [-0.1, -0.05) is 12.1 Å². The van der Waals surface area contributed by atoms with Crippen LogP contribution in [-0.4, -0.2) is 25.1 Å². The van der Waals surface area contributed by atoms with Crippen molar-refractivity contribution in [3.05, 3.63) is 40.4 Å². The van der Waals surface area contributed by atoms with Crippen molar-refractivity contribution in [3.63, 3.8) is 0 Å². The second-order valence-corrected chi connectivity index (χ2v) is 8.67. The fourth-order valence-electron chi connectivity index (χ4n) is 2.39. The van der Waals surface area contributed by atoms with Crippen LogP contribution in [0.3, 0.4) is 0 Å². The Labute approximate surface area is 139 Å². The minimum Gasteiger partial charge on any atom is -0.290 e. The predicted molar refractivity (Wildman–Crippen MR) is 81.5 cm³/mol. The lowest BCUT2D eigenvalue weighted by Crippen LogP contribution is -2.40. The minimum atomic E-state index is -4.49. The van der Waals surface area contributed by atoms with E-state index >= 15 is 0 Å². The summed E-state index contributed by atoms with van der Waals surface area (Å²) in [6.07, 6.45) is -4.49. The Hall–Kier alpha value is -1.94. The van der Waals surface area contributed by atoms with E-state index in [0.29, 0.717) is 5.01 Å². The number of hydrogen-bond acceptors (Lipinski definition) is 5. The summed E-state index contributed by atoms with van der Waals surface area (Å²) in [4.78, 5) is 17.3. The molecular weight excluding hydrogens is 365 g/mol. The Morgan fingerprint density at radius 2 is 2.04 bits per heavy atom. The number of rotatable bonds is 2. The number of anilines is 1. The number of fused-ring (bicyclic) bond motifs is 1. The molecule has 1 aromatic carbocycles. The van der Waals surface area contributed by atoms with Gasteiger partial charge in [-0.25, -0.2) is 13.4 Å². The monoisotopic (exact) mass is 376 g/mol. The van der Waals surface area contributed by atoms with Crippen molar-refractivity contribution in [3.8, 4) is 0 Å². The molecule has 2 aromatic rings. The molecule has 1 aliphatic heterocycles. The molecular formula is C14H11F3N2O3S2. The van der Waals surface area contributed by atoms with E-state index < -0.39 is 33.2 Å². The third kappa shape index (κ3) is 3.03. The third-order valence-electron chi connectivity index (χ3n) is 3.43. The van der Waals surface area contributed by atoms with Gasteiger partial charge < -0.3 is 0 Å². The van der Waals surface area contributed by atoms with Gasteiger partial charge in [0, 0.05) is 0 Å². The number of aryl methyl sites for hydroxylation is 1. The zero-order chi connectivity index (χ0) is 17.7. The van der Waals surface area contributed by atoms with Gasteiger partial charge in [-0.2, -0.15) is 13.2 Å². The van der Waals surface area contributed by atoms with Crippen molar-refractivity contribution >= 4 is 32.9 Å². The molecule has 1 aliphatic rings. The Morgan fingerprint density at radius 1 is 1.33 bits per heavy atom. The van der Waals surface area contributed by atoms with Crippen LogP contribution in [0.1, 0.15) is 16.1 Å². The van der Waals surface area contributed by atoms with Crippen molar-refractivity contribution in [2.75, 3.05) is 10.7 Å². The summed E-state index contributed by atoms with van der Waals surface area (Å²) >= 11 is 0.948. The average molecular weight is 376 g/mol. The minimum absolute atomic E-state index is 0.00818. The van der Waals surface area contributed by atoms with E-state index in [1.165, 1.54) is 12.1 Å². The van der Waals surface area contributed by atoms with Gasteiger partial charge in [-0.15, -0.1) is 11.3 Å². The highest BCUT2D eigenvalue weighted by Gasteiger charge is 2.38. The van der Waals surface area contributed by atoms with Crippen LogP contribution in [0.2, 0.25) is 0 Å². The maximum absolute atomic E-state index is 12.8. The lowest BCUT2D eigenvalue weighted by atomic mass is 10.1. The quantitative estimate of drug-likeness (QED) is 0.808. The molecule has 0 bridgehead atoms. The number of aromatic nitrogens is 1. The summed E-state index contributed by atoms with van der Waals surface area (Å²) in [5.41, 5.74) is -0.583. The molecule has 10 heteroatoms. The summed E-state index contributed by atoms with van der Waals surface area (Å²) in [5.74, 6) is -1.42. The summed E-state index contributed by atoms with van der Waals surface area (Å²) in [6.45, 7) is 1.43. The first-order valence-corrected chi connectivity index (χ1v) is 9.21. The highest BCUT2D eigenvalue weighted by Crippen LogP contribution is 2.36. The van der Waals surface area contributed by atoms with Gasteiger partial charge in [-0.3, -0.25) is 9.69 Å². The number of nitrogens with zero attached hydrogens (tertiary/aromatic N) is 2. The van der Waals surface area contributed by atoms with Crippen LogP contribution in [0.4, 0.5) is 19.0 Å². The first kappa shape index (κ1) is 16.9. The smallest absolute Gasteiger partial charge is 0.290 e. The number of halogens is 3. The fourth-order valence-corrected chi connectivity index (χ4v) is 5.13. The fraction of sp³-hybridized carbons (Fsp3) is 0.286. The van der Waals surface area contributed by atoms with E-state index in [0.717, 1.165) is 28.4 Å². The Balaban J connectivity index is 2.00. The lowest BCUT2D eigenvalue weighted by molar-refractivity contribution is -0.137. The van der Waals surface area contributed by atoms with Crippen LogP contribution < -0.4 is 4.90 Å². The molecule has 0 unspecified atom stereocenters. The van der Waals surface area contributed by atoms with E-state index in [4.69, 9.17) is 0 Å². The summed E-state index contributed by atoms with van der Waals surface area (Å²) in [7, 11) is -3.74. The summed E-state index contributed by atoms with van der Waals surface area (Å²) in [6, 6.07) is 4.57. The molecule has 128 valence electrons. The van der Waals surface area contributed by atoms with Crippen molar-refractivity contribution in [1.82, 2.24) is 4.98 Å². The van der Waals surface area contributed by atoms with Gasteiger partial charge >= 0.3 is 6.18 Å². The van der Waals surface area contributed by atoms with Crippen LogP contribution in [0.5, 0.6) is 0 Å². The molecule has 0 saturated heterocycles. The van der Waals surface area contributed by atoms with Gasteiger partial charge in [0.15, 0.2) is 10.0 Å². The van der Waals surface area contributed by atoms with Gasteiger partial charge in [-0.05, 0) is 24.6 Å². The van der Waals surface area contributed by atoms with Crippen molar-refractivity contribution in [2.24, 2.45) is 0 Å². The molecule has 0 N–H and O–H groups in total. The number of benzene rings is 1. The van der Waals surface area contributed by atoms with Crippen LogP contribution >= 0.6 is 11.3 Å². The van der Waals surface area contributed by atoms with Gasteiger partial charge in [0.1, 0.15) is 5.75 Å². The first-order chi connectivity index (χ1) is 11.1. The number of hydrogen-bond donors (Lipinski definition) is 0. The zero-order valence-electron chi connectivity index (χ0n) is 12.3. The number of alkyl halides is 3. The maximum atomic E-state index is 12.8. The molecule has 0 saturated carbocycles. The third-order valence-corrected chi connectivity index (χ3v) is 6.57. The lowest BCUT2D eigenvalue weighted by Gasteiger charge is -2.25.